The predicted octanol–water partition coefficient (Wildman–Crippen LogP) is 19.9. The van der Waals surface area contributed by atoms with Gasteiger partial charge in [-0.05, 0) is 225 Å². The second kappa shape index (κ2) is 37.9. The molecule has 0 aliphatic carbocycles. The number of nitrogens with one attached hydrogen (secondary N) is 5. The number of hydrogen-bond acceptors (Lipinski definition) is 11. The summed E-state index contributed by atoms with van der Waals surface area (Å²) in [5.74, 6) is -3.22. The maximum absolute atomic E-state index is 13.6. The van der Waals surface area contributed by atoms with Crippen LogP contribution in [0.3, 0.4) is 0 Å². The monoisotopic (exact) mass is 1500 g/mol. The van der Waals surface area contributed by atoms with Gasteiger partial charge in [0.2, 0.25) is 0 Å². The van der Waals surface area contributed by atoms with Crippen LogP contribution in [0.25, 0.3) is 0 Å². The Labute approximate surface area is 638 Å². The van der Waals surface area contributed by atoms with Crippen molar-refractivity contribution in [1.29, 1.82) is 0 Å². The van der Waals surface area contributed by atoms with Gasteiger partial charge in [-0.2, -0.15) is 0 Å². The summed E-state index contributed by atoms with van der Waals surface area (Å²) in [7, 11) is 0. The molecule has 0 bridgehead atoms. The van der Waals surface area contributed by atoms with E-state index in [0.29, 0.717) is 106 Å². The van der Waals surface area contributed by atoms with Gasteiger partial charge in [0.05, 0.1) is 5.69 Å². The number of hydrogen-bond donors (Lipinski definition) is 7. The van der Waals surface area contributed by atoms with Gasteiger partial charge in [-0.1, -0.05) is 144 Å². The van der Waals surface area contributed by atoms with Crippen molar-refractivity contribution in [3.63, 3.8) is 0 Å². The molecule has 0 unspecified atom stereocenters. The Bertz CT molecular complexity index is 4900. The fourth-order valence-electron chi connectivity index (χ4n) is 10.4. The van der Waals surface area contributed by atoms with Crippen molar-refractivity contribution in [2.45, 2.75) is 67.3 Å². The van der Waals surface area contributed by atoms with Crippen molar-refractivity contribution >= 4 is 104 Å². The number of nitrogens with zero attached hydrogens (tertiary/aromatic N) is 1. The molecule has 0 saturated carbocycles. The lowest BCUT2D eigenvalue weighted by Gasteiger charge is -2.08. The second-order valence-electron chi connectivity index (χ2n) is 25.6. The van der Waals surface area contributed by atoms with E-state index in [-0.39, 0.29) is 77.1 Å². The second-order valence-corrected chi connectivity index (χ2v) is 26.4. The van der Waals surface area contributed by atoms with Gasteiger partial charge in [-0.25, -0.2) is 22.5 Å². The third-order valence-corrected chi connectivity index (χ3v) is 17.9. The number of benzene rings is 11. The Morgan fingerprint density at radius 1 is 0.330 bits per heavy atom. The Kier molecular flexibility index (Phi) is 27.9. The SMILES string of the molecule is Cc1ccc(CC(=O)c2ccc(C(=O)Nc3ccc(C)c(Cl)c3)cc2)cc1Cl.Cc1ccc(CC(=O)c2ccc(C(=O)Nc3ccc(C)c(F)c3)cc2)cc1F.Cc1ccc(CC(=O)c2ccc(CNc3ccc(N)c(F)c3)cc2)cc1F.Cc1ccc(NC(=O)c2cccc(C(=O)Nc3ccc(N)cc3)n2)cc1. The van der Waals surface area contributed by atoms with Crippen LogP contribution in [-0.2, 0) is 25.8 Å². The molecule has 0 radical (unpaired) electrons. The molecule has 0 spiro atoms. The zero-order valence-electron chi connectivity index (χ0n) is 60.2. The maximum Gasteiger partial charge on any atom is 0.274 e. The number of rotatable bonds is 20. The van der Waals surface area contributed by atoms with Gasteiger partial charge >= 0.3 is 0 Å². The molecule has 1 heterocycles. The molecule has 552 valence electrons. The van der Waals surface area contributed by atoms with E-state index in [1.165, 1.54) is 42.5 Å². The van der Waals surface area contributed by atoms with Gasteiger partial charge in [-0.15, -0.1) is 0 Å². The first-order valence-corrected chi connectivity index (χ1v) is 35.0. The van der Waals surface area contributed by atoms with E-state index >= 15 is 0 Å². The van der Waals surface area contributed by atoms with Crippen molar-refractivity contribution in [2.75, 3.05) is 38.1 Å². The molecule has 0 saturated heterocycles. The largest absolute Gasteiger partial charge is 0.399 e. The Morgan fingerprint density at radius 3 is 1.10 bits per heavy atom. The van der Waals surface area contributed by atoms with Gasteiger partial charge in [0.15, 0.2) is 17.3 Å². The molecule has 12 aromatic rings. The van der Waals surface area contributed by atoms with E-state index in [0.717, 1.165) is 27.8 Å². The summed E-state index contributed by atoms with van der Waals surface area (Å²) < 4.78 is 54.3. The van der Waals surface area contributed by atoms with Crippen molar-refractivity contribution in [3.05, 3.63) is 377 Å². The lowest BCUT2D eigenvalue weighted by Crippen LogP contribution is -2.18. The van der Waals surface area contributed by atoms with Gasteiger partial charge < -0.3 is 38.1 Å². The highest BCUT2D eigenvalue weighted by Gasteiger charge is 2.18. The van der Waals surface area contributed by atoms with Gasteiger partial charge in [0.25, 0.3) is 23.6 Å². The van der Waals surface area contributed by atoms with Crippen LogP contribution in [0.2, 0.25) is 10.0 Å². The van der Waals surface area contributed by atoms with Crippen LogP contribution in [0.15, 0.2) is 249 Å². The number of carbonyl (C=O) groups is 7. The molecule has 109 heavy (non-hydrogen) atoms. The number of halogens is 6. The summed E-state index contributed by atoms with van der Waals surface area (Å²) in [5, 5.41) is 15.2. The molecule has 0 fully saturated rings. The minimum atomic E-state index is -0.464. The molecule has 9 N–H and O–H groups in total. The van der Waals surface area contributed by atoms with Gasteiger partial charge in [0.1, 0.15) is 34.7 Å². The fourth-order valence-corrected chi connectivity index (χ4v) is 10.8. The maximum atomic E-state index is 13.6. The highest BCUT2D eigenvalue weighted by Crippen LogP contribution is 2.25. The Hall–Kier alpha value is -12.8. The number of ketones is 3. The van der Waals surface area contributed by atoms with Crippen molar-refractivity contribution < 1.29 is 51.1 Å². The molecule has 1 aromatic heterocycles. The average molecular weight is 1500 g/mol. The molecule has 0 aliphatic heterocycles. The Morgan fingerprint density at radius 2 is 0.670 bits per heavy atom. The number of nitrogens with two attached hydrogens (primary N) is 2. The molecule has 0 aliphatic rings. The van der Waals surface area contributed by atoms with Crippen molar-refractivity contribution in [3.8, 4) is 0 Å². The summed E-state index contributed by atoms with van der Waals surface area (Å²) in [6.07, 6.45) is 0.484. The Balaban J connectivity index is 0.000000168. The molecule has 4 amide bonds. The van der Waals surface area contributed by atoms with Crippen LogP contribution >= 0.6 is 23.2 Å². The standard InChI is InChI=1S/C23H19Cl2NO2.C23H19F2NO2.C22H20F2N2O.C20H18N4O2/c2*1-14-3-5-16(11-20(14)24)12-22(27)17-6-8-18(9-7-17)23(28)26-19-10-4-15(2)21(25)13-19;1-14-2-3-16(10-19(14)23)11-22(27)17-6-4-15(5-7-17)13-26-18-8-9-21(25)20(24)12-18;1-13-5-9-15(10-6-13)22-19(25)17-3-2-4-18(24-17)20(26)23-16-11-7-14(21)8-12-16/h2*3-11,13H,12H2,1-2H3,(H,26,28);2-10,12,26H,11,13,25H2,1H3;2-12H,21H2,1H3,(H,22,25)(H,23,26). The molecule has 11 aromatic carbocycles. The van der Waals surface area contributed by atoms with Crippen molar-refractivity contribution in [1.82, 2.24) is 4.98 Å². The van der Waals surface area contributed by atoms with Crippen LogP contribution < -0.4 is 38.1 Å². The topological polar surface area (TPSA) is 245 Å². The van der Waals surface area contributed by atoms with Crippen LogP contribution in [0.5, 0.6) is 0 Å². The zero-order valence-corrected chi connectivity index (χ0v) is 61.7. The fraction of sp³-hybridized carbons (Fsp3) is 0.114. The molecule has 12 rings (SSSR count). The summed E-state index contributed by atoms with van der Waals surface area (Å²) >= 11 is 12.2. The summed E-state index contributed by atoms with van der Waals surface area (Å²) in [4.78, 5) is 90.8. The first-order chi connectivity index (χ1) is 52.1. The van der Waals surface area contributed by atoms with E-state index in [4.69, 9.17) is 34.7 Å². The lowest BCUT2D eigenvalue weighted by atomic mass is 10.0. The molecular formula is C88H76Cl2F4N8O7. The first kappa shape index (κ1) is 80.3. The average Bonchev–Trinajstić information content (AvgIpc) is 0.850. The van der Waals surface area contributed by atoms with Crippen LogP contribution in [0.1, 0.15) is 128 Å². The quantitative estimate of drug-likeness (QED) is 0.0215. The van der Waals surface area contributed by atoms with Crippen LogP contribution in [-0.4, -0.2) is 46.0 Å². The first-order valence-electron chi connectivity index (χ1n) is 34.2. The zero-order chi connectivity index (χ0) is 78.4. The number of nitrogen functional groups attached to an aromatic ring is 2. The van der Waals surface area contributed by atoms with Crippen LogP contribution in [0, 0.1) is 64.8 Å². The lowest BCUT2D eigenvalue weighted by molar-refractivity contribution is 0.0984. The molecule has 21 heteroatoms. The molecule has 15 nitrogen and oxygen atoms in total. The number of aryl methyl sites for hydroxylation is 6. The van der Waals surface area contributed by atoms with Gasteiger partial charge in [0, 0.05) is 97.8 Å². The third kappa shape index (κ3) is 23.8. The van der Waals surface area contributed by atoms with E-state index in [1.807, 2.05) is 81.4 Å². The third-order valence-electron chi connectivity index (χ3n) is 17.1. The van der Waals surface area contributed by atoms with E-state index in [2.05, 4.69) is 31.6 Å². The number of pyridine rings is 1. The van der Waals surface area contributed by atoms with E-state index in [9.17, 15) is 51.1 Å². The number of Topliss-reactive ketones (excluding diaryl/α,β-unsaturated/α-hetero) is 3. The smallest absolute Gasteiger partial charge is 0.274 e. The van der Waals surface area contributed by atoms with E-state index in [1.54, 1.807) is 166 Å². The van der Waals surface area contributed by atoms with Crippen molar-refractivity contribution in [2.24, 2.45) is 0 Å². The number of anilines is 7. The molecular weight excluding hydrogens is 1430 g/mol. The minimum Gasteiger partial charge on any atom is -0.399 e. The highest BCUT2D eigenvalue weighted by atomic mass is 35.5. The van der Waals surface area contributed by atoms with Crippen LogP contribution in [0.4, 0.5) is 57.4 Å². The van der Waals surface area contributed by atoms with E-state index < -0.39 is 23.4 Å². The van der Waals surface area contributed by atoms with Gasteiger partial charge in [-0.3, -0.25) is 33.6 Å². The summed E-state index contributed by atoms with van der Waals surface area (Å²) in [5.41, 5.74) is 25.0. The normalized spacial score (nSPS) is 10.5. The minimum absolute atomic E-state index is 0.0304. The summed E-state index contributed by atoms with van der Waals surface area (Å²) in [6, 6.07) is 68.4. The predicted molar refractivity (Wildman–Crippen MR) is 425 cm³/mol. The molecule has 0 atom stereocenters. The summed E-state index contributed by atoms with van der Waals surface area (Å²) in [6.45, 7) is 11.3. The highest BCUT2D eigenvalue weighted by molar-refractivity contribution is 6.32. The number of carbonyl (C=O) groups excluding carboxylic acids is 7. The number of aromatic nitrogens is 1. The number of amides is 4.